The van der Waals surface area contributed by atoms with Crippen molar-refractivity contribution >= 4 is 17.3 Å². The van der Waals surface area contributed by atoms with Crippen molar-refractivity contribution in [2.24, 2.45) is 11.8 Å². The number of piperidine rings is 1. The van der Waals surface area contributed by atoms with Crippen LogP contribution in [0.4, 0.5) is 11.4 Å². The molecular weight excluding hydrogens is 376 g/mol. The first kappa shape index (κ1) is 21.6. The highest BCUT2D eigenvalue weighted by Crippen LogP contribution is 2.26. The van der Waals surface area contributed by atoms with Crippen LogP contribution in [0.15, 0.2) is 24.3 Å². The highest BCUT2D eigenvalue weighted by molar-refractivity contribution is 5.92. The van der Waals surface area contributed by atoms with Crippen LogP contribution in [-0.2, 0) is 4.79 Å². The van der Waals surface area contributed by atoms with Gasteiger partial charge in [-0.2, -0.15) is 0 Å². The van der Waals surface area contributed by atoms with Crippen LogP contribution in [0, 0.1) is 11.8 Å². The molecule has 3 N–H and O–H groups in total. The van der Waals surface area contributed by atoms with Crippen LogP contribution < -0.4 is 15.5 Å². The van der Waals surface area contributed by atoms with Gasteiger partial charge in [-0.05, 0) is 94.8 Å². The molecule has 0 aromatic heterocycles. The lowest BCUT2D eigenvalue weighted by atomic mass is 9.87. The third-order valence-corrected chi connectivity index (χ3v) is 7.25. The zero-order chi connectivity index (χ0) is 20.8. The van der Waals surface area contributed by atoms with E-state index in [9.17, 15) is 9.90 Å². The number of amides is 1. The fraction of sp³-hybridized carbons (Fsp3) is 0.708. The second kappa shape index (κ2) is 10.6. The standard InChI is InChI=1S/C24H38N4O2/c29-23-7-1-20(2-8-23)24(30)26-21-3-5-22(6-4-21)28-17-15-27(16-18-28)14-11-19-9-12-25-13-10-19/h3-6,19-20,23,25,29H,1-2,7-18H2,(H,26,30)/t20-,23+. The quantitative estimate of drug-likeness (QED) is 0.668. The zero-order valence-corrected chi connectivity index (χ0v) is 18.2. The predicted molar refractivity (Wildman–Crippen MR) is 122 cm³/mol. The molecule has 1 aliphatic carbocycles. The molecule has 6 heteroatoms. The van der Waals surface area contributed by atoms with Crippen molar-refractivity contribution in [2.75, 3.05) is 56.0 Å². The van der Waals surface area contributed by atoms with E-state index in [1.165, 1.54) is 44.6 Å². The van der Waals surface area contributed by atoms with Gasteiger partial charge in [-0.15, -0.1) is 0 Å². The predicted octanol–water partition coefficient (Wildman–Crippen LogP) is 2.69. The SMILES string of the molecule is O=C(Nc1ccc(N2CCN(CCC3CCNCC3)CC2)cc1)[C@H]1CC[C@@H](O)CC1. The average Bonchev–Trinajstić information content (AvgIpc) is 2.80. The van der Waals surface area contributed by atoms with E-state index in [2.05, 4.69) is 32.6 Å². The first-order valence-electron chi connectivity index (χ1n) is 11.9. The van der Waals surface area contributed by atoms with Gasteiger partial charge in [-0.25, -0.2) is 0 Å². The molecule has 0 bridgehead atoms. The molecule has 0 atom stereocenters. The van der Waals surface area contributed by atoms with Crippen LogP contribution in [0.25, 0.3) is 0 Å². The molecule has 166 valence electrons. The van der Waals surface area contributed by atoms with Crippen LogP contribution in [0.1, 0.15) is 44.9 Å². The second-order valence-corrected chi connectivity index (χ2v) is 9.35. The molecule has 2 saturated heterocycles. The number of nitrogens with zero attached hydrogens (tertiary/aromatic N) is 2. The van der Waals surface area contributed by atoms with E-state index < -0.39 is 0 Å². The van der Waals surface area contributed by atoms with Crippen molar-refractivity contribution in [3.05, 3.63) is 24.3 Å². The molecule has 2 heterocycles. The number of anilines is 2. The van der Waals surface area contributed by atoms with E-state index in [4.69, 9.17) is 0 Å². The van der Waals surface area contributed by atoms with Gasteiger partial charge in [0.1, 0.15) is 0 Å². The third kappa shape index (κ3) is 5.96. The molecule has 3 aliphatic rings. The van der Waals surface area contributed by atoms with Crippen LogP contribution in [0.3, 0.4) is 0 Å². The summed E-state index contributed by atoms with van der Waals surface area (Å²) < 4.78 is 0. The maximum Gasteiger partial charge on any atom is 0.227 e. The molecule has 0 spiro atoms. The normalized spacial score (nSPS) is 26.5. The fourth-order valence-corrected chi connectivity index (χ4v) is 5.10. The van der Waals surface area contributed by atoms with Crippen LogP contribution in [0.2, 0.25) is 0 Å². The molecule has 1 aromatic carbocycles. The van der Waals surface area contributed by atoms with Gasteiger partial charge in [0.25, 0.3) is 0 Å². The van der Waals surface area contributed by atoms with E-state index in [0.29, 0.717) is 0 Å². The number of nitrogens with one attached hydrogen (secondary N) is 2. The van der Waals surface area contributed by atoms with Gasteiger partial charge in [-0.1, -0.05) is 0 Å². The van der Waals surface area contributed by atoms with Gasteiger partial charge < -0.3 is 20.6 Å². The van der Waals surface area contributed by atoms with E-state index in [0.717, 1.165) is 63.5 Å². The Balaban J connectivity index is 1.19. The van der Waals surface area contributed by atoms with Crippen LogP contribution in [0.5, 0.6) is 0 Å². The van der Waals surface area contributed by atoms with Gasteiger partial charge in [-0.3, -0.25) is 9.69 Å². The summed E-state index contributed by atoms with van der Waals surface area (Å²) in [6.45, 7) is 8.04. The summed E-state index contributed by atoms with van der Waals surface area (Å²) in [5.41, 5.74) is 2.11. The number of hydrogen-bond donors (Lipinski definition) is 3. The highest BCUT2D eigenvalue weighted by atomic mass is 16.3. The molecule has 0 radical (unpaired) electrons. The van der Waals surface area contributed by atoms with Crippen molar-refractivity contribution in [1.29, 1.82) is 0 Å². The van der Waals surface area contributed by atoms with Gasteiger partial charge >= 0.3 is 0 Å². The van der Waals surface area contributed by atoms with Crippen molar-refractivity contribution in [2.45, 2.75) is 51.0 Å². The first-order valence-corrected chi connectivity index (χ1v) is 11.9. The molecule has 0 unspecified atom stereocenters. The monoisotopic (exact) mass is 414 g/mol. The summed E-state index contributed by atoms with van der Waals surface area (Å²) >= 11 is 0. The number of aliphatic hydroxyl groups excluding tert-OH is 1. The van der Waals surface area contributed by atoms with E-state index >= 15 is 0 Å². The summed E-state index contributed by atoms with van der Waals surface area (Å²) in [6, 6.07) is 8.30. The van der Waals surface area contributed by atoms with Crippen molar-refractivity contribution in [3.8, 4) is 0 Å². The Kier molecular flexibility index (Phi) is 7.63. The number of carbonyl (C=O) groups excluding carboxylic acids is 1. The fourth-order valence-electron chi connectivity index (χ4n) is 5.10. The van der Waals surface area contributed by atoms with E-state index in [1.807, 2.05) is 12.1 Å². The minimum Gasteiger partial charge on any atom is -0.393 e. The minimum absolute atomic E-state index is 0.0334. The lowest BCUT2D eigenvalue weighted by Crippen LogP contribution is -2.47. The summed E-state index contributed by atoms with van der Waals surface area (Å²) in [7, 11) is 0. The van der Waals surface area contributed by atoms with Gasteiger partial charge in [0.05, 0.1) is 6.10 Å². The number of rotatable bonds is 6. The summed E-state index contributed by atoms with van der Waals surface area (Å²) in [4.78, 5) is 17.5. The maximum atomic E-state index is 12.5. The van der Waals surface area contributed by atoms with Crippen LogP contribution >= 0.6 is 0 Å². The first-order chi connectivity index (χ1) is 14.7. The third-order valence-electron chi connectivity index (χ3n) is 7.25. The van der Waals surface area contributed by atoms with Gasteiger partial charge in [0.2, 0.25) is 5.91 Å². The van der Waals surface area contributed by atoms with Crippen molar-refractivity contribution in [1.82, 2.24) is 10.2 Å². The molecule has 4 rings (SSSR count). The Morgan fingerprint density at radius 2 is 1.63 bits per heavy atom. The Morgan fingerprint density at radius 1 is 0.967 bits per heavy atom. The topological polar surface area (TPSA) is 67.8 Å². The number of piperazine rings is 1. The van der Waals surface area contributed by atoms with Crippen molar-refractivity contribution < 1.29 is 9.90 Å². The molecule has 1 amide bonds. The number of benzene rings is 1. The number of aliphatic hydroxyl groups is 1. The van der Waals surface area contributed by atoms with Crippen molar-refractivity contribution in [3.63, 3.8) is 0 Å². The van der Waals surface area contributed by atoms with E-state index in [-0.39, 0.29) is 17.9 Å². The lowest BCUT2D eigenvalue weighted by molar-refractivity contribution is -0.121. The van der Waals surface area contributed by atoms with Gasteiger partial charge in [0, 0.05) is 43.5 Å². The number of hydrogen-bond acceptors (Lipinski definition) is 5. The smallest absolute Gasteiger partial charge is 0.227 e. The Labute approximate surface area is 181 Å². The Hall–Kier alpha value is -1.63. The zero-order valence-electron chi connectivity index (χ0n) is 18.2. The molecule has 1 saturated carbocycles. The molecule has 30 heavy (non-hydrogen) atoms. The summed E-state index contributed by atoms with van der Waals surface area (Å²) in [5.74, 6) is 1.04. The molecular formula is C24H38N4O2. The Morgan fingerprint density at radius 3 is 2.30 bits per heavy atom. The average molecular weight is 415 g/mol. The summed E-state index contributed by atoms with van der Waals surface area (Å²) in [5, 5.41) is 16.1. The lowest BCUT2D eigenvalue weighted by Gasteiger charge is -2.37. The van der Waals surface area contributed by atoms with Crippen LogP contribution in [-0.4, -0.2) is 67.8 Å². The highest BCUT2D eigenvalue weighted by Gasteiger charge is 2.25. The maximum absolute atomic E-state index is 12.5. The second-order valence-electron chi connectivity index (χ2n) is 9.35. The Bertz CT molecular complexity index is 658. The molecule has 3 fully saturated rings. The minimum atomic E-state index is -0.224. The molecule has 1 aromatic rings. The van der Waals surface area contributed by atoms with Gasteiger partial charge in [0.15, 0.2) is 0 Å². The number of carbonyl (C=O) groups is 1. The van der Waals surface area contributed by atoms with E-state index in [1.54, 1.807) is 0 Å². The largest absolute Gasteiger partial charge is 0.393 e. The molecule has 6 nitrogen and oxygen atoms in total. The summed E-state index contributed by atoms with van der Waals surface area (Å²) in [6.07, 6.45) is 6.84. The molecule has 2 aliphatic heterocycles.